The van der Waals surface area contributed by atoms with Crippen molar-refractivity contribution in [3.8, 4) is 0 Å². The van der Waals surface area contributed by atoms with E-state index < -0.39 is 5.97 Å². The van der Waals surface area contributed by atoms with Gasteiger partial charge in [0.2, 0.25) is 5.91 Å². The Morgan fingerprint density at radius 1 is 0.905 bits per heavy atom. The van der Waals surface area contributed by atoms with Gasteiger partial charge in [-0.25, -0.2) is 4.79 Å². The summed E-state index contributed by atoms with van der Waals surface area (Å²) in [5.74, 6) is -1.19. The van der Waals surface area contributed by atoms with Crippen LogP contribution in [-0.2, 0) is 4.79 Å². The minimum Gasteiger partial charge on any atom is -0.478 e. The highest BCUT2D eigenvalue weighted by atomic mass is 16.4. The number of rotatable bonds is 7. The van der Waals surface area contributed by atoms with Crippen LogP contribution in [0.5, 0.6) is 0 Å². The molecule has 0 atom stereocenters. The van der Waals surface area contributed by atoms with Crippen LogP contribution in [0.15, 0.2) is 79.0 Å². The van der Waals surface area contributed by atoms with E-state index in [0.29, 0.717) is 35.6 Å². The monoisotopic (exact) mass is 563 g/mol. The van der Waals surface area contributed by atoms with Gasteiger partial charge in [0.1, 0.15) is 0 Å². The molecule has 9 nitrogen and oxygen atoms in total. The molecule has 3 heterocycles. The van der Waals surface area contributed by atoms with Crippen LogP contribution in [0.4, 0.5) is 11.4 Å². The van der Waals surface area contributed by atoms with E-state index in [4.69, 9.17) is 0 Å². The van der Waals surface area contributed by atoms with Gasteiger partial charge in [0.15, 0.2) is 0 Å². The first kappa shape index (κ1) is 27.4. The standard InChI is InChI=1S/C33H33N5O4/c1-3-37-28-20-24(33(41)42)9-11-26(28)30(32(37)40)31(22-7-5-4-6-8-22)34-25-10-12-27-23(19-25)13-14-38(27)29(39)21-36-17-15-35(2)16-18-36/h4-14,19-20,34H,3,15-18,21H2,1-2H3,(H,41,42). The smallest absolute Gasteiger partial charge is 0.335 e. The third-order valence-corrected chi connectivity index (χ3v) is 8.08. The summed E-state index contributed by atoms with van der Waals surface area (Å²) in [5.41, 5.74) is 4.93. The number of aromatic carboxylic acids is 1. The number of hydrogen-bond donors (Lipinski definition) is 2. The largest absolute Gasteiger partial charge is 0.478 e. The zero-order valence-electron chi connectivity index (χ0n) is 23.7. The van der Waals surface area contributed by atoms with Gasteiger partial charge in [-0.3, -0.25) is 19.1 Å². The maximum Gasteiger partial charge on any atom is 0.335 e. The fourth-order valence-corrected chi connectivity index (χ4v) is 5.75. The molecule has 0 spiro atoms. The molecule has 9 heteroatoms. The lowest BCUT2D eigenvalue weighted by Gasteiger charge is -2.31. The predicted octanol–water partition coefficient (Wildman–Crippen LogP) is 4.57. The highest BCUT2D eigenvalue weighted by molar-refractivity contribution is 6.38. The first-order valence-corrected chi connectivity index (χ1v) is 14.2. The van der Waals surface area contributed by atoms with Gasteiger partial charge in [-0.1, -0.05) is 36.4 Å². The van der Waals surface area contributed by atoms with Crippen molar-refractivity contribution in [3.05, 3.63) is 95.7 Å². The number of nitrogens with zero attached hydrogens (tertiary/aromatic N) is 4. The second kappa shape index (κ2) is 11.3. The average Bonchev–Trinajstić information content (AvgIpc) is 3.54. The van der Waals surface area contributed by atoms with Gasteiger partial charge in [-0.05, 0) is 55.9 Å². The summed E-state index contributed by atoms with van der Waals surface area (Å²) in [6.45, 7) is 6.32. The normalized spacial score (nSPS) is 17.0. The van der Waals surface area contributed by atoms with E-state index in [9.17, 15) is 19.5 Å². The van der Waals surface area contributed by atoms with Crippen LogP contribution < -0.4 is 10.2 Å². The Kier molecular flexibility index (Phi) is 7.36. The minimum absolute atomic E-state index is 0.0379. The van der Waals surface area contributed by atoms with Crippen LogP contribution in [0.25, 0.3) is 22.2 Å². The summed E-state index contributed by atoms with van der Waals surface area (Å²) < 4.78 is 1.71. The lowest BCUT2D eigenvalue weighted by atomic mass is 9.99. The first-order chi connectivity index (χ1) is 20.3. The number of fused-ring (bicyclic) bond motifs is 2. The van der Waals surface area contributed by atoms with Gasteiger partial charge < -0.3 is 20.2 Å². The number of carboxylic acid groups (broad SMARTS) is 1. The van der Waals surface area contributed by atoms with Crippen molar-refractivity contribution in [3.63, 3.8) is 0 Å². The average molecular weight is 564 g/mol. The third kappa shape index (κ3) is 5.08. The SMILES string of the molecule is CCN1C(=O)C(=C(Nc2ccc3c(ccn3C(=O)CN3CCN(C)CC3)c2)c2ccccc2)c2ccc(C(=O)O)cc21. The Labute approximate surface area is 244 Å². The number of piperazine rings is 1. The molecule has 1 amide bonds. The molecule has 0 bridgehead atoms. The summed E-state index contributed by atoms with van der Waals surface area (Å²) in [6, 6.07) is 22.2. The van der Waals surface area contributed by atoms with Crippen LogP contribution in [0.1, 0.15) is 33.2 Å². The van der Waals surface area contributed by atoms with Crippen molar-refractivity contribution >= 4 is 51.3 Å². The number of anilines is 2. The molecule has 2 aliphatic rings. The van der Waals surface area contributed by atoms with E-state index >= 15 is 0 Å². The van der Waals surface area contributed by atoms with E-state index in [0.717, 1.165) is 48.3 Å². The molecule has 0 radical (unpaired) electrons. The molecule has 3 aromatic carbocycles. The molecule has 42 heavy (non-hydrogen) atoms. The molecular weight excluding hydrogens is 530 g/mol. The lowest BCUT2D eigenvalue weighted by molar-refractivity contribution is -0.112. The summed E-state index contributed by atoms with van der Waals surface area (Å²) >= 11 is 0. The number of benzene rings is 3. The molecule has 0 aliphatic carbocycles. The maximum absolute atomic E-state index is 13.8. The van der Waals surface area contributed by atoms with Crippen LogP contribution in [0, 0.1) is 0 Å². The molecule has 2 N–H and O–H groups in total. The molecule has 0 unspecified atom stereocenters. The van der Waals surface area contributed by atoms with E-state index in [1.807, 2.05) is 67.7 Å². The van der Waals surface area contributed by atoms with Crippen LogP contribution >= 0.6 is 0 Å². The predicted molar refractivity (Wildman–Crippen MR) is 165 cm³/mol. The van der Waals surface area contributed by atoms with Crippen LogP contribution in [-0.4, -0.2) is 83.6 Å². The number of nitrogens with one attached hydrogen (secondary N) is 1. The number of aromatic nitrogens is 1. The van der Waals surface area contributed by atoms with Gasteiger partial charge in [0.05, 0.1) is 34.6 Å². The second-order valence-electron chi connectivity index (χ2n) is 10.8. The highest BCUT2D eigenvalue weighted by Gasteiger charge is 2.35. The summed E-state index contributed by atoms with van der Waals surface area (Å²) in [4.78, 5) is 44.7. The van der Waals surface area contributed by atoms with Crippen molar-refractivity contribution in [1.29, 1.82) is 0 Å². The van der Waals surface area contributed by atoms with Crippen LogP contribution in [0.3, 0.4) is 0 Å². The molecular formula is C33H33N5O4. The number of likely N-dealkylation sites (N-methyl/N-ethyl adjacent to an activating group) is 2. The summed E-state index contributed by atoms with van der Waals surface area (Å²) in [7, 11) is 2.10. The van der Waals surface area contributed by atoms with Gasteiger partial charge in [-0.2, -0.15) is 0 Å². The number of hydrogen-bond acceptors (Lipinski definition) is 6. The molecule has 214 valence electrons. The number of carbonyl (C=O) groups is 3. The number of amides is 1. The molecule has 1 fully saturated rings. The van der Waals surface area contributed by atoms with Crippen molar-refractivity contribution in [2.24, 2.45) is 0 Å². The highest BCUT2D eigenvalue weighted by Crippen LogP contribution is 2.41. The van der Waals surface area contributed by atoms with Crippen LogP contribution in [0.2, 0.25) is 0 Å². The summed E-state index contributed by atoms with van der Waals surface area (Å²) in [5, 5.41) is 14.0. The minimum atomic E-state index is -1.04. The van der Waals surface area contributed by atoms with Crippen molar-refractivity contribution in [1.82, 2.24) is 14.4 Å². The molecule has 2 aliphatic heterocycles. The lowest BCUT2D eigenvalue weighted by Crippen LogP contribution is -2.46. The van der Waals surface area contributed by atoms with Gasteiger partial charge in [0, 0.05) is 55.6 Å². The van der Waals surface area contributed by atoms with E-state index in [2.05, 4.69) is 22.2 Å². The fourth-order valence-electron chi connectivity index (χ4n) is 5.75. The van der Waals surface area contributed by atoms with Crippen molar-refractivity contribution in [2.75, 3.05) is 56.5 Å². The van der Waals surface area contributed by atoms with E-state index in [-0.39, 0.29) is 17.4 Å². The van der Waals surface area contributed by atoms with Crippen molar-refractivity contribution in [2.45, 2.75) is 6.92 Å². The van der Waals surface area contributed by atoms with Gasteiger partial charge in [-0.15, -0.1) is 0 Å². The Morgan fingerprint density at radius 2 is 1.67 bits per heavy atom. The Balaban J connectivity index is 1.36. The molecule has 4 aromatic rings. The van der Waals surface area contributed by atoms with E-state index in [1.165, 1.54) is 6.07 Å². The zero-order valence-corrected chi connectivity index (χ0v) is 23.7. The van der Waals surface area contributed by atoms with Gasteiger partial charge in [0.25, 0.3) is 5.91 Å². The Bertz CT molecular complexity index is 1720. The first-order valence-electron chi connectivity index (χ1n) is 14.2. The Hall–Kier alpha value is -4.73. The fraction of sp³-hybridized carbons (Fsp3) is 0.242. The molecule has 1 saturated heterocycles. The van der Waals surface area contributed by atoms with Crippen molar-refractivity contribution < 1.29 is 19.5 Å². The molecule has 6 rings (SSSR count). The molecule has 0 saturated carbocycles. The molecule has 1 aromatic heterocycles. The summed E-state index contributed by atoms with van der Waals surface area (Å²) in [6.07, 6.45) is 1.82. The second-order valence-corrected chi connectivity index (χ2v) is 10.8. The Morgan fingerprint density at radius 3 is 2.38 bits per heavy atom. The quantitative estimate of drug-likeness (QED) is 0.318. The van der Waals surface area contributed by atoms with E-state index in [1.54, 1.807) is 21.6 Å². The number of carbonyl (C=O) groups excluding carboxylic acids is 2. The topological polar surface area (TPSA) is 98.1 Å². The number of carboxylic acids is 1. The third-order valence-electron chi connectivity index (χ3n) is 8.08. The van der Waals surface area contributed by atoms with Gasteiger partial charge >= 0.3 is 5.97 Å². The zero-order chi connectivity index (χ0) is 29.4. The maximum atomic E-state index is 13.8.